The quantitative estimate of drug-likeness (QED) is 0.399. The molecule has 1 atom stereocenters. The van der Waals surface area contributed by atoms with Crippen LogP contribution in [0.25, 0.3) is 22.0 Å². The molecule has 9 heteroatoms. The summed E-state index contributed by atoms with van der Waals surface area (Å²) in [6.07, 6.45) is 4.54. The Hall–Kier alpha value is -3.98. The number of phenols is 1. The minimum absolute atomic E-state index is 0.159. The maximum atomic E-state index is 12.6. The minimum atomic E-state index is -0.524. The molecular formula is C27H26FN5O3. The molecule has 2 aromatic heterocycles. The molecule has 2 aromatic carbocycles. The third kappa shape index (κ3) is 4.05. The maximum Gasteiger partial charge on any atom is 0.232 e. The van der Waals surface area contributed by atoms with Gasteiger partial charge in [0, 0.05) is 42.1 Å². The summed E-state index contributed by atoms with van der Waals surface area (Å²) in [7, 11) is 0. The standard InChI is InChI=1S/C27H26FN5O3/c1-16-25(18-3-2-4-19(34)9-18)27(36-23-6-5-21-20(26(16)23)11-31-32-21)22-12-30-24(13-29-22)35-8-7-33-14-17(10-28)15-33/h2-6,9,11-13,17,27,34H,7-8,10,14-15H2,1H3,(H,31,32). The van der Waals surface area contributed by atoms with E-state index in [4.69, 9.17) is 9.47 Å². The first kappa shape index (κ1) is 22.5. The lowest BCUT2D eigenvalue weighted by Crippen LogP contribution is -2.49. The van der Waals surface area contributed by atoms with Crippen LogP contribution >= 0.6 is 0 Å². The van der Waals surface area contributed by atoms with Gasteiger partial charge in [0.2, 0.25) is 5.88 Å². The Balaban J connectivity index is 1.29. The van der Waals surface area contributed by atoms with Crippen molar-refractivity contribution in [2.24, 2.45) is 5.92 Å². The molecule has 0 amide bonds. The van der Waals surface area contributed by atoms with Crippen molar-refractivity contribution in [2.45, 2.75) is 13.0 Å². The van der Waals surface area contributed by atoms with Crippen molar-refractivity contribution >= 4 is 22.0 Å². The first-order valence-corrected chi connectivity index (χ1v) is 12.0. The summed E-state index contributed by atoms with van der Waals surface area (Å²) >= 11 is 0. The van der Waals surface area contributed by atoms with Crippen molar-refractivity contribution in [1.29, 1.82) is 0 Å². The van der Waals surface area contributed by atoms with Crippen LogP contribution in [0.5, 0.6) is 17.4 Å². The van der Waals surface area contributed by atoms with Crippen LogP contribution in [0, 0.1) is 5.92 Å². The van der Waals surface area contributed by atoms with Crippen LogP contribution in [-0.4, -0.2) is 63.1 Å². The molecule has 2 N–H and O–H groups in total. The van der Waals surface area contributed by atoms with Gasteiger partial charge in [0.15, 0.2) is 6.10 Å². The number of aromatic amines is 1. The molecule has 1 fully saturated rings. The number of phenolic OH excluding ortho intramolecular Hbond substituents is 1. The molecule has 8 nitrogen and oxygen atoms in total. The van der Waals surface area contributed by atoms with E-state index in [0.29, 0.717) is 18.2 Å². The van der Waals surface area contributed by atoms with Gasteiger partial charge < -0.3 is 14.6 Å². The van der Waals surface area contributed by atoms with Crippen molar-refractivity contribution in [1.82, 2.24) is 25.1 Å². The molecule has 4 aromatic rings. The van der Waals surface area contributed by atoms with Gasteiger partial charge in [-0.2, -0.15) is 5.10 Å². The number of likely N-dealkylation sites (tertiary alicyclic amines) is 1. The molecule has 0 bridgehead atoms. The zero-order chi connectivity index (χ0) is 24.6. The molecular weight excluding hydrogens is 461 g/mol. The third-order valence-corrected chi connectivity index (χ3v) is 6.85. The molecule has 36 heavy (non-hydrogen) atoms. The van der Waals surface area contributed by atoms with Gasteiger partial charge in [-0.05, 0) is 42.3 Å². The first-order chi connectivity index (χ1) is 17.6. The number of fused-ring (bicyclic) bond motifs is 3. The predicted octanol–water partition coefficient (Wildman–Crippen LogP) is 4.40. The van der Waals surface area contributed by atoms with Crippen molar-refractivity contribution in [2.75, 3.05) is 32.9 Å². The number of alkyl halides is 1. The number of nitrogens with one attached hydrogen (secondary N) is 1. The SMILES string of the molecule is CC1=C(c2cccc(O)c2)C(c2cnc(OCCN3CC(CF)C3)cn2)Oc2ccc3[nH]ncc3c21. The number of aromatic hydroxyl groups is 1. The molecule has 1 unspecified atom stereocenters. The number of rotatable bonds is 7. The number of aromatic nitrogens is 4. The molecule has 0 aliphatic carbocycles. The highest BCUT2D eigenvalue weighted by molar-refractivity contribution is 6.04. The fourth-order valence-electron chi connectivity index (χ4n) is 5.02. The van der Waals surface area contributed by atoms with E-state index in [0.717, 1.165) is 58.6 Å². The average molecular weight is 488 g/mol. The topological polar surface area (TPSA) is 96.4 Å². The monoisotopic (exact) mass is 487 g/mol. The highest BCUT2D eigenvalue weighted by Gasteiger charge is 2.32. The second kappa shape index (κ2) is 9.23. The van der Waals surface area contributed by atoms with Gasteiger partial charge in [-0.25, -0.2) is 9.97 Å². The van der Waals surface area contributed by atoms with Crippen molar-refractivity contribution in [3.05, 3.63) is 71.8 Å². The maximum absolute atomic E-state index is 12.6. The van der Waals surface area contributed by atoms with Gasteiger partial charge in [-0.3, -0.25) is 14.4 Å². The van der Waals surface area contributed by atoms with E-state index < -0.39 is 6.10 Å². The highest BCUT2D eigenvalue weighted by Crippen LogP contribution is 2.48. The van der Waals surface area contributed by atoms with Crippen LogP contribution < -0.4 is 9.47 Å². The van der Waals surface area contributed by atoms with Crippen molar-refractivity contribution in [3.63, 3.8) is 0 Å². The van der Waals surface area contributed by atoms with Crippen LogP contribution in [0.2, 0.25) is 0 Å². The molecule has 0 radical (unpaired) electrons. The number of allylic oxidation sites excluding steroid dienone is 1. The summed E-state index contributed by atoms with van der Waals surface area (Å²) in [6, 6.07) is 11.0. The van der Waals surface area contributed by atoms with E-state index in [1.807, 2.05) is 31.2 Å². The lowest BCUT2D eigenvalue weighted by Gasteiger charge is -2.37. The number of hydrogen-bond donors (Lipinski definition) is 2. The van der Waals surface area contributed by atoms with Gasteiger partial charge in [0.1, 0.15) is 23.8 Å². The van der Waals surface area contributed by atoms with Crippen LogP contribution in [0.4, 0.5) is 4.39 Å². The number of benzene rings is 2. The van der Waals surface area contributed by atoms with Crippen LogP contribution in [0.1, 0.15) is 29.8 Å². The number of halogens is 1. The summed E-state index contributed by atoms with van der Waals surface area (Å²) in [5.41, 5.74) is 5.27. The summed E-state index contributed by atoms with van der Waals surface area (Å²) in [6.45, 7) is 4.54. The summed E-state index contributed by atoms with van der Waals surface area (Å²) in [5.74, 6) is 1.50. The second-order valence-electron chi connectivity index (χ2n) is 9.26. The Labute approximate surface area is 207 Å². The number of nitrogens with zero attached hydrogens (tertiary/aromatic N) is 4. The average Bonchev–Trinajstić information content (AvgIpc) is 3.34. The lowest BCUT2D eigenvalue weighted by molar-refractivity contribution is 0.0661. The zero-order valence-electron chi connectivity index (χ0n) is 19.8. The Bertz CT molecular complexity index is 1430. The highest BCUT2D eigenvalue weighted by atomic mass is 19.1. The first-order valence-electron chi connectivity index (χ1n) is 12.0. The second-order valence-corrected chi connectivity index (χ2v) is 9.26. The Kier molecular flexibility index (Phi) is 5.77. The lowest BCUT2D eigenvalue weighted by atomic mass is 9.86. The van der Waals surface area contributed by atoms with Crippen LogP contribution in [0.15, 0.2) is 55.0 Å². The number of H-pyrrole nitrogens is 1. The zero-order valence-corrected chi connectivity index (χ0v) is 19.8. The van der Waals surface area contributed by atoms with E-state index in [9.17, 15) is 9.50 Å². The van der Waals surface area contributed by atoms with E-state index in [1.54, 1.807) is 30.7 Å². The van der Waals surface area contributed by atoms with Gasteiger partial charge in [0.05, 0.1) is 30.8 Å². The largest absolute Gasteiger partial charge is 0.508 e. The minimum Gasteiger partial charge on any atom is -0.508 e. The van der Waals surface area contributed by atoms with Crippen molar-refractivity contribution < 1.29 is 19.0 Å². The molecule has 2 aliphatic rings. The van der Waals surface area contributed by atoms with E-state index in [-0.39, 0.29) is 18.3 Å². The van der Waals surface area contributed by atoms with Gasteiger partial charge in [-0.15, -0.1) is 0 Å². The normalized spacial score (nSPS) is 18.1. The van der Waals surface area contributed by atoms with Crippen LogP contribution in [-0.2, 0) is 0 Å². The molecule has 0 spiro atoms. The van der Waals surface area contributed by atoms with Crippen molar-refractivity contribution in [3.8, 4) is 17.4 Å². The van der Waals surface area contributed by atoms with Gasteiger partial charge >= 0.3 is 0 Å². The Morgan fingerprint density at radius 3 is 2.83 bits per heavy atom. The van der Waals surface area contributed by atoms with E-state index in [2.05, 4.69) is 25.1 Å². The molecule has 2 aliphatic heterocycles. The molecule has 0 saturated carbocycles. The number of hydrogen-bond acceptors (Lipinski definition) is 7. The smallest absolute Gasteiger partial charge is 0.232 e. The van der Waals surface area contributed by atoms with E-state index in [1.165, 1.54) is 0 Å². The molecule has 1 saturated heterocycles. The van der Waals surface area contributed by atoms with Crippen LogP contribution in [0.3, 0.4) is 0 Å². The van der Waals surface area contributed by atoms with Gasteiger partial charge in [0.25, 0.3) is 0 Å². The molecule has 6 rings (SSSR count). The van der Waals surface area contributed by atoms with E-state index >= 15 is 0 Å². The predicted molar refractivity (Wildman–Crippen MR) is 133 cm³/mol. The third-order valence-electron chi connectivity index (χ3n) is 6.85. The fraction of sp³-hybridized carbons (Fsp3) is 0.296. The summed E-state index contributed by atoms with van der Waals surface area (Å²) in [4.78, 5) is 11.2. The Morgan fingerprint density at radius 2 is 2.06 bits per heavy atom. The fourth-order valence-corrected chi connectivity index (χ4v) is 5.02. The van der Waals surface area contributed by atoms with Gasteiger partial charge in [-0.1, -0.05) is 12.1 Å². The molecule has 4 heterocycles. The molecule has 184 valence electrons. The Morgan fingerprint density at radius 1 is 1.17 bits per heavy atom. The summed E-state index contributed by atoms with van der Waals surface area (Å²) in [5, 5.41) is 18.4. The summed E-state index contributed by atoms with van der Waals surface area (Å²) < 4.78 is 24.9. The number of ether oxygens (including phenoxy) is 2.